The second kappa shape index (κ2) is 6.62. The third-order valence-electron chi connectivity index (χ3n) is 2.54. The summed E-state index contributed by atoms with van der Waals surface area (Å²) >= 11 is 9.39. The molecule has 1 heterocycles. The number of halogens is 2. The van der Waals surface area contributed by atoms with E-state index in [1.807, 2.05) is 4.68 Å². The number of nitrogens with one attached hydrogen (secondary N) is 1. The van der Waals surface area contributed by atoms with Gasteiger partial charge in [0.15, 0.2) is 0 Å². The van der Waals surface area contributed by atoms with Crippen LogP contribution < -0.4 is 5.32 Å². The van der Waals surface area contributed by atoms with Gasteiger partial charge in [0.2, 0.25) is 0 Å². The van der Waals surface area contributed by atoms with Crippen molar-refractivity contribution < 1.29 is 0 Å². The molecule has 1 aromatic rings. The van der Waals surface area contributed by atoms with Gasteiger partial charge in [-0.1, -0.05) is 6.92 Å². The highest BCUT2D eigenvalue weighted by molar-refractivity contribution is 9.10. The van der Waals surface area contributed by atoms with E-state index >= 15 is 0 Å². The van der Waals surface area contributed by atoms with Crippen molar-refractivity contribution in [3.8, 4) is 0 Å². The number of aromatic nitrogens is 2. The average molecular weight is 309 g/mol. The first kappa shape index (κ1) is 14.0. The number of hydrogen-bond acceptors (Lipinski definition) is 2. The molecule has 0 radical (unpaired) electrons. The van der Waals surface area contributed by atoms with Gasteiger partial charge < -0.3 is 5.32 Å². The lowest BCUT2D eigenvalue weighted by Gasteiger charge is -2.11. The van der Waals surface area contributed by atoms with Crippen LogP contribution in [0.3, 0.4) is 0 Å². The van der Waals surface area contributed by atoms with Crippen molar-refractivity contribution in [1.29, 1.82) is 0 Å². The second-order valence-corrected chi connectivity index (χ2v) is 4.91. The van der Waals surface area contributed by atoms with Crippen molar-refractivity contribution >= 4 is 27.5 Å². The molecule has 1 atom stereocenters. The molecule has 3 nitrogen and oxygen atoms in total. The van der Waals surface area contributed by atoms with Crippen LogP contribution >= 0.6 is 27.5 Å². The van der Waals surface area contributed by atoms with Gasteiger partial charge in [-0.2, -0.15) is 5.10 Å². The zero-order valence-electron chi connectivity index (χ0n) is 10.1. The molecule has 0 aliphatic rings. The van der Waals surface area contributed by atoms with E-state index in [1.54, 1.807) is 0 Å². The van der Waals surface area contributed by atoms with E-state index in [2.05, 4.69) is 47.1 Å². The summed E-state index contributed by atoms with van der Waals surface area (Å²) in [5.74, 6) is 0.624. The molecule has 0 spiro atoms. The van der Waals surface area contributed by atoms with Gasteiger partial charge in [0.1, 0.15) is 0 Å². The number of rotatable bonds is 6. The first-order valence-corrected chi connectivity index (χ1v) is 7.00. The third kappa shape index (κ3) is 3.22. The smallest absolute Gasteiger partial charge is 0.0767 e. The Labute approximate surface area is 111 Å². The lowest BCUT2D eigenvalue weighted by Crippen LogP contribution is -2.28. The maximum atomic E-state index is 5.77. The van der Waals surface area contributed by atoms with Crippen LogP contribution in [-0.4, -0.2) is 21.7 Å². The largest absolute Gasteiger partial charge is 0.307 e. The summed E-state index contributed by atoms with van der Waals surface area (Å²) < 4.78 is 3.17. The maximum Gasteiger partial charge on any atom is 0.0767 e. The van der Waals surface area contributed by atoms with Crippen molar-refractivity contribution in [2.45, 2.75) is 46.3 Å². The quantitative estimate of drug-likeness (QED) is 0.819. The minimum atomic E-state index is 0.318. The molecule has 0 bridgehead atoms. The molecule has 16 heavy (non-hydrogen) atoms. The van der Waals surface area contributed by atoms with Crippen molar-refractivity contribution in [3.05, 3.63) is 15.9 Å². The minimum absolute atomic E-state index is 0.318. The molecule has 1 rings (SSSR count). The van der Waals surface area contributed by atoms with Gasteiger partial charge in [-0.3, -0.25) is 4.68 Å². The zero-order valence-corrected chi connectivity index (χ0v) is 12.4. The van der Waals surface area contributed by atoms with Gasteiger partial charge in [0, 0.05) is 25.0 Å². The van der Waals surface area contributed by atoms with Gasteiger partial charge in [0.05, 0.1) is 15.9 Å². The Morgan fingerprint density at radius 1 is 1.50 bits per heavy atom. The number of hydrogen-bond donors (Lipinski definition) is 1. The summed E-state index contributed by atoms with van der Waals surface area (Å²) in [5, 5.41) is 7.93. The van der Waals surface area contributed by atoms with E-state index < -0.39 is 0 Å². The summed E-state index contributed by atoms with van der Waals surface area (Å²) in [4.78, 5) is 0. The SMILES string of the molecule is CCc1nn(CC)c(CNC(C)CCl)c1Br. The van der Waals surface area contributed by atoms with Crippen molar-refractivity contribution in [1.82, 2.24) is 15.1 Å². The van der Waals surface area contributed by atoms with Crippen LogP contribution in [0.25, 0.3) is 0 Å². The monoisotopic (exact) mass is 307 g/mol. The van der Waals surface area contributed by atoms with Gasteiger partial charge in [-0.25, -0.2) is 0 Å². The van der Waals surface area contributed by atoms with E-state index in [0.717, 1.165) is 29.7 Å². The van der Waals surface area contributed by atoms with Gasteiger partial charge in [0.25, 0.3) is 0 Å². The molecule has 92 valence electrons. The topological polar surface area (TPSA) is 29.9 Å². The number of aryl methyl sites for hydroxylation is 2. The highest BCUT2D eigenvalue weighted by Gasteiger charge is 2.13. The predicted molar refractivity (Wildman–Crippen MR) is 72.0 cm³/mol. The molecule has 0 aliphatic heterocycles. The van der Waals surface area contributed by atoms with Gasteiger partial charge in [-0.05, 0) is 36.2 Å². The first-order valence-electron chi connectivity index (χ1n) is 5.67. The molecular formula is C11H19BrClN3. The number of alkyl halides is 1. The van der Waals surface area contributed by atoms with E-state index in [4.69, 9.17) is 11.6 Å². The summed E-state index contributed by atoms with van der Waals surface area (Å²) in [6.45, 7) is 7.99. The van der Waals surface area contributed by atoms with Crippen LogP contribution in [0.2, 0.25) is 0 Å². The molecule has 1 N–H and O–H groups in total. The summed E-state index contributed by atoms with van der Waals surface area (Å²) in [6.07, 6.45) is 0.950. The standard InChI is InChI=1S/C11H19BrClN3/c1-4-9-11(12)10(16(5-2)15-9)7-14-8(3)6-13/h8,14H,4-7H2,1-3H3. The lowest BCUT2D eigenvalue weighted by atomic mass is 10.3. The van der Waals surface area contributed by atoms with Gasteiger partial charge >= 0.3 is 0 Å². The first-order chi connectivity index (χ1) is 7.63. The van der Waals surface area contributed by atoms with Crippen LogP contribution in [0.4, 0.5) is 0 Å². The summed E-state index contributed by atoms with van der Waals surface area (Å²) in [7, 11) is 0. The molecule has 1 unspecified atom stereocenters. The molecular weight excluding hydrogens is 289 g/mol. The molecule has 0 amide bonds. The van der Waals surface area contributed by atoms with E-state index in [0.29, 0.717) is 11.9 Å². The van der Waals surface area contributed by atoms with E-state index in [1.165, 1.54) is 5.69 Å². The highest BCUT2D eigenvalue weighted by Crippen LogP contribution is 2.22. The zero-order chi connectivity index (χ0) is 12.1. The minimum Gasteiger partial charge on any atom is -0.307 e. The Morgan fingerprint density at radius 2 is 2.19 bits per heavy atom. The molecule has 1 aromatic heterocycles. The van der Waals surface area contributed by atoms with Crippen molar-refractivity contribution in [2.24, 2.45) is 0 Å². The van der Waals surface area contributed by atoms with Crippen LogP contribution in [0.15, 0.2) is 4.47 Å². The fourth-order valence-corrected chi connectivity index (χ4v) is 2.33. The molecule has 0 aliphatic carbocycles. The fraction of sp³-hybridized carbons (Fsp3) is 0.727. The Kier molecular flexibility index (Phi) is 5.79. The van der Waals surface area contributed by atoms with Crippen molar-refractivity contribution in [2.75, 3.05) is 5.88 Å². The van der Waals surface area contributed by atoms with Crippen LogP contribution in [0.5, 0.6) is 0 Å². The Balaban J connectivity index is 2.80. The lowest BCUT2D eigenvalue weighted by molar-refractivity contribution is 0.540. The van der Waals surface area contributed by atoms with Crippen molar-refractivity contribution in [3.63, 3.8) is 0 Å². The van der Waals surface area contributed by atoms with Crippen LogP contribution in [0, 0.1) is 0 Å². The van der Waals surface area contributed by atoms with E-state index in [9.17, 15) is 0 Å². The van der Waals surface area contributed by atoms with Crippen LogP contribution in [0.1, 0.15) is 32.2 Å². The van der Waals surface area contributed by atoms with Crippen LogP contribution in [-0.2, 0) is 19.5 Å². The molecule has 0 fully saturated rings. The second-order valence-electron chi connectivity index (χ2n) is 3.81. The normalized spacial score (nSPS) is 13.1. The maximum absolute atomic E-state index is 5.77. The summed E-state index contributed by atoms with van der Waals surface area (Å²) in [5.41, 5.74) is 2.33. The van der Waals surface area contributed by atoms with E-state index in [-0.39, 0.29) is 0 Å². The molecule has 0 saturated heterocycles. The highest BCUT2D eigenvalue weighted by atomic mass is 79.9. The number of nitrogens with zero attached hydrogens (tertiary/aromatic N) is 2. The molecule has 0 aromatic carbocycles. The Hall–Kier alpha value is -0.0600. The summed E-state index contributed by atoms with van der Waals surface area (Å²) in [6, 6.07) is 0.318. The third-order valence-corrected chi connectivity index (χ3v) is 3.92. The average Bonchev–Trinajstić information content (AvgIpc) is 2.62. The Bertz CT molecular complexity index is 338. The molecule has 0 saturated carbocycles. The Morgan fingerprint density at radius 3 is 2.69 bits per heavy atom. The van der Waals surface area contributed by atoms with Gasteiger partial charge in [-0.15, -0.1) is 11.6 Å². The fourth-order valence-electron chi connectivity index (χ4n) is 1.51. The predicted octanol–water partition coefficient (Wildman–Crippen LogP) is 2.94. The molecule has 5 heteroatoms.